The van der Waals surface area contributed by atoms with Crippen LogP contribution in [0.2, 0.25) is 0 Å². The topological polar surface area (TPSA) is 92.2 Å². The average Bonchev–Trinajstić information content (AvgIpc) is 2.15. The second-order valence-corrected chi connectivity index (χ2v) is 2.37. The summed E-state index contributed by atoms with van der Waals surface area (Å²) in [6.07, 6.45) is 1.50. The molecule has 4 N–H and O–H groups in total. The molecule has 0 aliphatic carbocycles. The molecule has 0 unspecified atom stereocenters. The fourth-order valence-electron chi connectivity index (χ4n) is 0.806. The van der Waals surface area contributed by atoms with Gasteiger partial charge in [-0.25, -0.2) is 4.98 Å². The quantitative estimate of drug-likeness (QED) is 0.440. The molecule has 0 amide bonds. The van der Waals surface area contributed by atoms with Gasteiger partial charge in [0, 0.05) is 17.8 Å². The number of hydrogen-bond donors (Lipinski definition) is 3. The van der Waals surface area contributed by atoms with Crippen LogP contribution in [0.5, 0.6) is 5.88 Å². The number of ether oxygens (including phenoxy) is 1. The minimum Gasteiger partial charge on any atom is -0.475 e. The van der Waals surface area contributed by atoms with E-state index in [2.05, 4.69) is 4.98 Å². The van der Waals surface area contributed by atoms with Gasteiger partial charge in [0.05, 0.1) is 6.61 Å². The summed E-state index contributed by atoms with van der Waals surface area (Å²) in [5.74, 6) is 0.331. The van der Waals surface area contributed by atoms with Crippen LogP contribution in [0.15, 0.2) is 18.3 Å². The molecule has 0 bridgehead atoms. The molecular formula is C8H11N3O2. The summed E-state index contributed by atoms with van der Waals surface area (Å²) in [5.41, 5.74) is 5.82. The van der Waals surface area contributed by atoms with Crippen molar-refractivity contribution in [1.82, 2.24) is 4.98 Å². The third kappa shape index (κ3) is 2.72. The monoisotopic (exact) mass is 181 g/mol. The molecule has 5 nitrogen and oxygen atoms in total. The Bertz CT molecular complexity index is 301. The Morgan fingerprint density at radius 3 is 3.08 bits per heavy atom. The average molecular weight is 181 g/mol. The van der Waals surface area contributed by atoms with Gasteiger partial charge in [0.2, 0.25) is 5.88 Å². The zero-order valence-electron chi connectivity index (χ0n) is 7.03. The summed E-state index contributed by atoms with van der Waals surface area (Å²) >= 11 is 0. The second-order valence-electron chi connectivity index (χ2n) is 2.37. The van der Waals surface area contributed by atoms with E-state index in [1.54, 1.807) is 12.1 Å². The lowest BCUT2D eigenvalue weighted by atomic mass is 10.2. The summed E-state index contributed by atoms with van der Waals surface area (Å²) in [6.45, 7) is 0.125. The maximum absolute atomic E-state index is 8.49. The molecule has 0 radical (unpaired) electrons. The molecule has 1 heterocycles. The molecule has 0 aliphatic rings. The fourth-order valence-corrected chi connectivity index (χ4v) is 0.806. The van der Waals surface area contributed by atoms with Crippen LogP contribution in [-0.2, 0) is 0 Å². The highest BCUT2D eigenvalue weighted by atomic mass is 16.5. The number of nitrogen functional groups attached to an aromatic ring is 1. The number of nitrogens with zero attached hydrogens (tertiary/aromatic N) is 1. The Labute approximate surface area is 75.7 Å². The number of aliphatic hydroxyl groups is 1. The Balaban J connectivity index is 2.73. The normalized spacial score (nSPS) is 9.62. The van der Waals surface area contributed by atoms with E-state index in [1.165, 1.54) is 6.20 Å². The van der Waals surface area contributed by atoms with Gasteiger partial charge in [-0.1, -0.05) is 0 Å². The first-order valence-electron chi connectivity index (χ1n) is 3.78. The Kier molecular flexibility index (Phi) is 3.22. The first kappa shape index (κ1) is 9.47. The minimum absolute atomic E-state index is 0.0313. The van der Waals surface area contributed by atoms with Crippen molar-refractivity contribution in [3.05, 3.63) is 23.9 Å². The zero-order chi connectivity index (χ0) is 9.68. The summed E-state index contributed by atoms with van der Waals surface area (Å²) in [6, 6.07) is 3.17. The second kappa shape index (κ2) is 4.42. The van der Waals surface area contributed by atoms with Gasteiger partial charge in [0.15, 0.2) is 0 Å². The number of nitrogens with one attached hydrogen (secondary N) is 1. The molecule has 1 aromatic heterocycles. The lowest BCUT2D eigenvalue weighted by Gasteiger charge is -2.03. The number of nitrogens with two attached hydrogens (primary N) is 1. The van der Waals surface area contributed by atoms with Crippen molar-refractivity contribution in [2.75, 3.05) is 13.2 Å². The van der Waals surface area contributed by atoms with Crippen LogP contribution in [0.4, 0.5) is 0 Å². The summed E-state index contributed by atoms with van der Waals surface area (Å²) in [4.78, 5) is 3.87. The van der Waals surface area contributed by atoms with Crippen molar-refractivity contribution in [3.63, 3.8) is 0 Å². The SMILES string of the molecule is N=C(N)c1ccnc(OCCO)c1. The third-order valence-electron chi connectivity index (χ3n) is 1.39. The number of hydrogen-bond acceptors (Lipinski definition) is 4. The van der Waals surface area contributed by atoms with E-state index < -0.39 is 0 Å². The molecule has 1 aromatic rings. The van der Waals surface area contributed by atoms with E-state index in [-0.39, 0.29) is 19.0 Å². The van der Waals surface area contributed by atoms with Crippen molar-refractivity contribution in [2.24, 2.45) is 5.73 Å². The lowest BCUT2D eigenvalue weighted by Crippen LogP contribution is -2.11. The largest absolute Gasteiger partial charge is 0.475 e. The van der Waals surface area contributed by atoms with Crippen molar-refractivity contribution < 1.29 is 9.84 Å². The Morgan fingerprint density at radius 2 is 2.46 bits per heavy atom. The van der Waals surface area contributed by atoms with E-state index in [1.807, 2.05) is 0 Å². The van der Waals surface area contributed by atoms with Gasteiger partial charge < -0.3 is 15.6 Å². The Hall–Kier alpha value is -1.62. The van der Waals surface area contributed by atoms with Crippen LogP contribution in [-0.4, -0.2) is 29.1 Å². The van der Waals surface area contributed by atoms with Crippen LogP contribution in [0.3, 0.4) is 0 Å². The molecule has 0 saturated heterocycles. The van der Waals surface area contributed by atoms with E-state index in [0.29, 0.717) is 11.4 Å². The molecule has 1 rings (SSSR count). The first-order valence-corrected chi connectivity index (χ1v) is 3.78. The molecule has 0 aliphatic heterocycles. The standard InChI is InChI=1S/C8H11N3O2/c9-8(10)6-1-2-11-7(5-6)13-4-3-12/h1-2,5,12H,3-4H2,(H3,9,10). The van der Waals surface area contributed by atoms with Crippen LogP contribution in [0.1, 0.15) is 5.56 Å². The van der Waals surface area contributed by atoms with E-state index in [4.69, 9.17) is 21.0 Å². The van der Waals surface area contributed by atoms with E-state index in [9.17, 15) is 0 Å². The van der Waals surface area contributed by atoms with Gasteiger partial charge in [0.25, 0.3) is 0 Å². The molecule has 70 valence electrons. The van der Waals surface area contributed by atoms with Gasteiger partial charge in [-0.05, 0) is 6.07 Å². The molecule has 13 heavy (non-hydrogen) atoms. The number of pyridine rings is 1. The molecule has 0 atom stereocenters. The number of aliphatic hydroxyl groups excluding tert-OH is 1. The molecule has 0 saturated carbocycles. The van der Waals surface area contributed by atoms with Gasteiger partial charge in [-0.3, -0.25) is 5.41 Å². The molecule has 0 aromatic carbocycles. The molecule has 0 spiro atoms. The van der Waals surface area contributed by atoms with Crippen molar-refractivity contribution in [2.45, 2.75) is 0 Å². The van der Waals surface area contributed by atoms with Crippen molar-refractivity contribution in [1.29, 1.82) is 5.41 Å². The van der Waals surface area contributed by atoms with Crippen molar-refractivity contribution >= 4 is 5.84 Å². The van der Waals surface area contributed by atoms with Crippen LogP contribution in [0.25, 0.3) is 0 Å². The Morgan fingerprint density at radius 1 is 1.69 bits per heavy atom. The smallest absolute Gasteiger partial charge is 0.213 e. The highest BCUT2D eigenvalue weighted by Gasteiger charge is 1.99. The van der Waals surface area contributed by atoms with Crippen LogP contribution >= 0.6 is 0 Å². The zero-order valence-corrected chi connectivity index (χ0v) is 7.03. The van der Waals surface area contributed by atoms with Crippen molar-refractivity contribution in [3.8, 4) is 5.88 Å². The highest BCUT2D eigenvalue weighted by Crippen LogP contribution is 2.07. The maximum Gasteiger partial charge on any atom is 0.213 e. The third-order valence-corrected chi connectivity index (χ3v) is 1.39. The molecule has 0 fully saturated rings. The fraction of sp³-hybridized carbons (Fsp3) is 0.250. The molecular weight excluding hydrogens is 170 g/mol. The number of amidine groups is 1. The number of rotatable bonds is 4. The molecule has 5 heteroatoms. The summed E-state index contributed by atoms with van der Waals surface area (Å²) in [5, 5.41) is 15.6. The van der Waals surface area contributed by atoms with E-state index in [0.717, 1.165) is 0 Å². The highest BCUT2D eigenvalue weighted by molar-refractivity contribution is 5.95. The first-order chi connectivity index (χ1) is 6.24. The predicted octanol–water partition coefficient (Wildman–Crippen LogP) is -0.263. The van der Waals surface area contributed by atoms with Gasteiger partial charge >= 0.3 is 0 Å². The summed E-state index contributed by atoms with van der Waals surface area (Å²) < 4.78 is 5.03. The maximum atomic E-state index is 8.49. The van der Waals surface area contributed by atoms with Gasteiger partial charge in [-0.15, -0.1) is 0 Å². The number of aromatic nitrogens is 1. The van der Waals surface area contributed by atoms with Crippen LogP contribution in [0, 0.1) is 5.41 Å². The summed E-state index contributed by atoms with van der Waals surface area (Å²) in [7, 11) is 0. The van der Waals surface area contributed by atoms with E-state index >= 15 is 0 Å². The predicted molar refractivity (Wildman–Crippen MR) is 47.8 cm³/mol. The van der Waals surface area contributed by atoms with Gasteiger partial charge in [-0.2, -0.15) is 0 Å². The minimum atomic E-state index is -0.0635. The van der Waals surface area contributed by atoms with Crippen LogP contribution < -0.4 is 10.5 Å². The lowest BCUT2D eigenvalue weighted by molar-refractivity contribution is 0.196. The van der Waals surface area contributed by atoms with Gasteiger partial charge in [0.1, 0.15) is 12.4 Å².